The topological polar surface area (TPSA) is 19.4 Å². The first-order valence-corrected chi connectivity index (χ1v) is 5.40. The highest BCUT2D eigenvalue weighted by Gasteiger charge is 2.02. The van der Waals surface area contributed by atoms with Gasteiger partial charge in [-0.2, -0.15) is 0 Å². The Balaban J connectivity index is 2.40. The summed E-state index contributed by atoms with van der Waals surface area (Å²) >= 11 is 5.82. The van der Waals surface area contributed by atoms with E-state index in [1.165, 1.54) is 0 Å². The number of hydrogen-bond acceptors (Lipinski definition) is 3. The molecule has 0 saturated carbocycles. The molecule has 0 bridgehead atoms. The lowest BCUT2D eigenvalue weighted by Gasteiger charge is -2.18. The summed E-state index contributed by atoms with van der Waals surface area (Å²) in [5.74, 6) is 0. The molecule has 0 aliphatic rings. The Hall–Kier alpha value is -0.640. The van der Waals surface area contributed by atoms with E-state index in [4.69, 9.17) is 11.6 Å². The molecule has 0 fully saturated rings. The fourth-order valence-electron chi connectivity index (χ4n) is 1.26. The quantitative estimate of drug-likeness (QED) is 0.715. The van der Waals surface area contributed by atoms with E-state index in [0.29, 0.717) is 5.15 Å². The average molecular weight is 228 g/mol. The molecule has 3 nitrogen and oxygen atoms in total. The van der Waals surface area contributed by atoms with Crippen LogP contribution in [0.3, 0.4) is 0 Å². The van der Waals surface area contributed by atoms with Gasteiger partial charge in [-0.3, -0.25) is 4.90 Å². The highest BCUT2D eigenvalue weighted by atomic mass is 35.5. The molecule has 84 valence electrons. The Morgan fingerprint density at radius 2 is 1.93 bits per heavy atom. The smallest absolute Gasteiger partial charge is 0.129 e. The Kier molecular flexibility index (Phi) is 5.02. The Bertz CT molecular complexity index is 302. The van der Waals surface area contributed by atoms with Crippen LogP contribution in [0.4, 0.5) is 0 Å². The van der Waals surface area contributed by atoms with Crippen LogP contribution in [0.1, 0.15) is 5.69 Å². The van der Waals surface area contributed by atoms with Crippen molar-refractivity contribution in [1.82, 2.24) is 14.8 Å². The van der Waals surface area contributed by atoms with Crippen molar-refractivity contribution in [2.24, 2.45) is 0 Å². The van der Waals surface area contributed by atoms with Crippen LogP contribution >= 0.6 is 11.6 Å². The number of halogens is 1. The minimum absolute atomic E-state index is 0.563. The molecule has 0 aromatic carbocycles. The summed E-state index contributed by atoms with van der Waals surface area (Å²) in [7, 11) is 6.24. The van der Waals surface area contributed by atoms with Gasteiger partial charge < -0.3 is 4.90 Å². The van der Waals surface area contributed by atoms with E-state index in [-0.39, 0.29) is 0 Å². The van der Waals surface area contributed by atoms with Crippen molar-refractivity contribution in [2.45, 2.75) is 6.54 Å². The van der Waals surface area contributed by atoms with Gasteiger partial charge in [0.1, 0.15) is 5.15 Å². The van der Waals surface area contributed by atoms with Gasteiger partial charge in [0.2, 0.25) is 0 Å². The molecule has 0 radical (unpaired) electrons. The molecule has 0 atom stereocenters. The maximum absolute atomic E-state index is 5.82. The molecule has 4 heteroatoms. The van der Waals surface area contributed by atoms with E-state index in [0.717, 1.165) is 25.3 Å². The van der Waals surface area contributed by atoms with Gasteiger partial charge in [-0.1, -0.05) is 17.7 Å². The summed E-state index contributed by atoms with van der Waals surface area (Å²) in [6.07, 6.45) is 0. The molecule has 0 amide bonds. The molecule has 1 rings (SSSR count). The first kappa shape index (κ1) is 12.4. The van der Waals surface area contributed by atoms with Crippen molar-refractivity contribution in [3.63, 3.8) is 0 Å². The van der Waals surface area contributed by atoms with E-state index < -0.39 is 0 Å². The van der Waals surface area contributed by atoms with Crippen molar-refractivity contribution in [3.05, 3.63) is 29.0 Å². The second kappa shape index (κ2) is 6.05. The SMILES string of the molecule is CN(C)CCN(C)Cc1cccc(Cl)n1. The number of likely N-dealkylation sites (N-methyl/N-ethyl adjacent to an activating group) is 2. The normalized spacial score (nSPS) is 11.3. The van der Waals surface area contributed by atoms with Gasteiger partial charge in [0.05, 0.1) is 5.69 Å². The first-order valence-electron chi connectivity index (χ1n) is 5.02. The summed E-state index contributed by atoms with van der Waals surface area (Å²) in [6.45, 7) is 2.92. The van der Waals surface area contributed by atoms with Crippen LogP contribution in [-0.4, -0.2) is 49.0 Å². The number of hydrogen-bond donors (Lipinski definition) is 0. The third-order valence-corrected chi connectivity index (χ3v) is 2.34. The molecule has 0 aliphatic heterocycles. The first-order chi connectivity index (χ1) is 7.08. The monoisotopic (exact) mass is 227 g/mol. The highest BCUT2D eigenvalue weighted by Crippen LogP contribution is 2.06. The third kappa shape index (κ3) is 5.11. The lowest BCUT2D eigenvalue weighted by atomic mass is 10.3. The zero-order chi connectivity index (χ0) is 11.3. The zero-order valence-electron chi connectivity index (χ0n) is 9.57. The summed E-state index contributed by atoms with van der Waals surface area (Å²) < 4.78 is 0. The van der Waals surface area contributed by atoms with Gasteiger partial charge >= 0.3 is 0 Å². The molecule has 1 aromatic heterocycles. The highest BCUT2D eigenvalue weighted by molar-refractivity contribution is 6.29. The van der Waals surface area contributed by atoms with E-state index >= 15 is 0 Å². The molecule has 0 aliphatic carbocycles. The largest absolute Gasteiger partial charge is 0.308 e. The van der Waals surface area contributed by atoms with Crippen LogP contribution in [0.15, 0.2) is 18.2 Å². The minimum Gasteiger partial charge on any atom is -0.308 e. The van der Waals surface area contributed by atoms with Gasteiger partial charge in [0.15, 0.2) is 0 Å². The second-order valence-electron chi connectivity index (χ2n) is 3.99. The van der Waals surface area contributed by atoms with Crippen molar-refractivity contribution in [1.29, 1.82) is 0 Å². The number of aromatic nitrogens is 1. The van der Waals surface area contributed by atoms with Crippen LogP contribution in [0, 0.1) is 0 Å². The maximum Gasteiger partial charge on any atom is 0.129 e. The van der Waals surface area contributed by atoms with Crippen molar-refractivity contribution in [2.75, 3.05) is 34.2 Å². The van der Waals surface area contributed by atoms with Crippen LogP contribution in [0.5, 0.6) is 0 Å². The van der Waals surface area contributed by atoms with Crippen LogP contribution in [-0.2, 0) is 6.54 Å². The van der Waals surface area contributed by atoms with Crippen molar-refractivity contribution >= 4 is 11.6 Å². The van der Waals surface area contributed by atoms with Crippen LogP contribution < -0.4 is 0 Å². The third-order valence-electron chi connectivity index (χ3n) is 2.13. The summed E-state index contributed by atoms with van der Waals surface area (Å²) in [6, 6.07) is 5.73. The molecule has 0 saturated heterocycles. The lowest BCUT2D eigenvalue weighted by molar-refractivity contribution is 0.274. The van der Waals surface area contributed by atoms with E-state index in [1.54, 1.807) is 6.07 Å². The molecule has 1 aromatic rings. The molecule has 1 heterocycles. The van der Waals surface area contributed by atoms with Crippen molar-refractivity contribution < 1.29 is 0 Å². The van der Waals surface area contributed by atoms with Gasteiger partial charge in [-0.15, -0.1) is 0 Å². The number of nitrogens with zero attached hydrogens (tertiary/aromatic N) is 3. The Labute approximate surface area is 96.7 Å². The minimum atomic E-state index is 0.563. The predicted molar refractivity (Wildman–Crippen MR) is 64.1 cm³/mol. The van der Waals surface area contributed by atoms with Gasteiger partial charge in [0, 0.05) is 19.6 Å². The van der Waals surface area contributed by atoms with E-state index in [1.807, 2.05) is 12.1 Å². The van der Waals surface area contributed by atoms with Crippen LogP contribution in [0.25, 0.3) is 0 Å². The van der Waals surface area contributed by atoms with E-state index in [2.05, 4.69) is 35.9 Å². The van der Waals surface area contributed by atoms with Gasteiger partial charge in [-0.25, -0.2) is 4.98 Å². The molecule has 15 heavy (non-hydrogen) atoms. The Morgan fingerprint density at radius 3 is 2.53 bits per heavy atom. The zero-order valence-corrected chi connectivity index (χ0v) is 10.3. The lowest BCUT2D eigenvalue weighted by Crippen LogP contribution is -2.28. The van der Waals surface area contributed by atoms with Gasteiger partial charge in [0.25, 0.3) is 0 Å². The second-order valence-corrected chi connectivity index (χ2v) is 4.38. The summed E-state index contributed by atoms with van der Waals surface area (Å²) in [5, 5.41) is 0.563. The van der Waals surface area contributed by atoms with Gasteiger partial charge in [-0.05, 0) is 33.3 Å². The predicted octanol–water partition coefficient (Wildman–Crippen LogP) is 1.73. The fraction of sp³-hybridized carbons (Fsp3) is 0.545. The molecular weight excluding hydrogens is 210 g/mol. The number of pyridine rings is 1. The fourth-order valence-corrected chi connectivity index (χ4v) is 1.45. The summed E-state index contributed by atoms with van der Waals surface area (Å²) in [5.41, 5.74) is 1.02. The standard InChI is InChI=1S/C11H18ClN3/c1-14(2)7-8-15(3)9-10-5-4-6-11(12)13-10/h4-6H,7-9H2,1-3H3. The molecular formula is C11H18ClN3. The molecule has 0 N–H and O–H groups in total. The maximum atomic E-state index is 5.82. The number of rotatable bonds is 5. The van der Waals surface area contributed by atoms with E-state index in [9.17, 15) is 0 Å². The Morgan fingerprint density at radius 1 is 1.20 bits per heavy atom. The van der Waals surface area contributed by atoms with Crippen molar-refractivity contribution in [3.8, 4) is 0 Å². The molecule has 0 unspecified atom stereocenters. The average Bonchev–Trinajstić information content (AvgIpc) is 2.15. The molecule has 0 spiro atoms. The van der Waals surface area contributed by atoms with Crippen LogP contribution in [0.2, 0.25) is 5.15 Å². The summed E-state index contributed by atoms with van der Waals surface area (Å²) in [4.78, 5) is 8.65.